The summed E-state index contributed by atoms with van der Waals surface area (Å²) in [6, 6.07) is 12.0. The van der Waals surface area contributed by atoms with Crippen molar-refractivity contribution in [3.8, 4) is 0 Å². The molecule has 2 aromatic rings. The summed E-state index contributed by atoms with van der Waals surface area (Å²) < 4.78 is 14.3. The van der Waals surface area contributed by atoms with E-state index in [9.17, 15) is 9.18 Å². The average Bonchev–Trinajstić information content (AvgIpc) is 2.74. The van der Waals surface area contributed by atoms with Crippen molar-refractivity contribution in [2.45, 2.75) is 5.92 Å². The molecule has 0 saturated carbocycles. The van der Waals surface area contributed by atoms with Crippen LogP contribution < -0.4 is 5.32 Å². The van der Waals surface area contributed by atoms with Gasteiger partial charge < -0.3 is 5.32 Å². The Bertz CT molecular complexity index is 715. The first-order valence-electron chi connectivity index (χ1n) is 6.04. The van der Waals surface area contributed by atoms with Gasteiger partial charge >= 0.3 is 0 Å². The van der Waals surface area contributed by atoms with Crippen LogP contribution in [-0.2, 0) is 4.79 Å². The van der Waals surface area contributed by atoms with E-state index < -0.39 is 11.7 Å². The van der Waals surface area contributed by atoms with Crippen LogP contribution in [0.3, 0.4) is 0 Å². The third-order valence-electron chi connectivity index (χ3n) is 3.11. The van der Waals surface area contributed by atoms with Gasteiger partial charge in [-0.05, 0) is 29.8 Å². The molecule has 0 saturated heterocycles. The summed E-state index contributed by atoms with van der Waals surface area (Å²) in [5.41, 5.74) is 1.86. The van der Waals surface area contributed by atoms with E-state index in [1.807, 2.05) is 24.3 Å². The second kappa shape index (κ2) is 5.17. The molecule has 1 aliphatic rings. The molecule has 0 spiro atoms. The van der Waals surface area contributed by atoms with Gasteiger partial charge in [0.1, 0.15) is 11.7 Å². The molecule has 3 rings (SSSR count). The fraction of sp³-hybridized carbons (Fsp3) is 0.0667. The molecule has 20 heavy (non-hydrogen) atoms. The van der Waals surface area contributed by atoms with Crippen LogP contribution in [0.2, 0.25) is 0 Å². The molecule has 1 unspecified atom stereocenters. The molecule has 3 nitrogen and oxygen atoms in total. The molecule has 1 amide bonds. The maximum atomic E-state index is 13.7. The smallest absolute Gasteiger partial charge is 0.237 e. The predicted molar refractivity (Wildman–Crippen MR) is 80.1 cm³/mol. The molecule has 5 heteroatoms. The number of carbonyl (C=O) groups is 1. The number of anilines is 1. The van der Waals surface area contributed by atoms with E-state index >= 15 is 0 Å². The van der Waals surface area contributed by atoms with Gasteiger partial charge in [0.05, 0.1) is 5.69 Å². The van der Waals surface area contributed by atoms with E-state index in [0.717, 1.165) is 11.3 Å². The number of hydrogen-bond donors (Lipinski definition) is 1. The summed E-state index contributed by atoms with van der Waals surface area (Å²) in [5, 5.41) is 2.78. The minimum atomic E-state index is -0.478. The van der Waals surface area contributed by atoms with E-state index in [1.165, 1.54) is 12.3 Å². The van der Waals surface area contributed by atoms with Gasteiger partial charge in [0.25, 0.3) is 0 Å². The molecule has 1 N–H and O–H groups in total. The SMILES string of the molecule is O=C1Nc2ccccc2C1C=Nc1ccc(Br)cc1F. The van der Waals surface area contributed by atoms with Gasteiger partial charge in [0.2, 0.25) is 5.91 Å². The molecule has 0 radical (unpaired) electrons. The monoisotopic (exact) mass is 332 g/mol. The Morgan fingerprint density at radius 1 is 1.25 bits per heavy atom. The summed E-state index contributed by atoms with van der Waals surface area (Å²) in [6.07, 6.45) is 1.48. The van der Waals surface area contributed by atoms with Crippen LogP contribution in [0.25, 0.3) is 0 Å². The third kappa shape index (κ3) is 2.36. The normalized spacial score (nSPS) is 17.3. The summed E-state index contributed by atoms with van der Waals surface area (Å²) in [6.45, 7) is 0. The van der Waals surface area contributed by atoms with Crippen molar-refractivity contribution >= 4 is 39.4 Å². The number of hydrogen-bond acceptors (Lipinski definition) is 2. The zero-order chi connectivity index (χ0) is 14.1. The second-order valence-electron chi connectivity index (χ2n) is 4.43. The van der Waals surface area contributed by atoms with Crippen molar-refractivity contribution in [2.75, 3.05) is 5.32 Å². The number of rotatable bonds is 2. The van der Waals surface area contributed by atoms with E-state index in [0.29, 0.717) is 4.47 Å². The highest BCUT2D eigenvalue weighted by atomic mass is 79.9. The number of para-hydroxylation sites is 1. The van der Waals surface area contributed by atoms with Crippen LogP contribution in [0.5, 0.6) is 0 Å². The molecule has 2 aromatic carbocycles. The molecule has 100 valence electrons. The molecule has 0 bridgehead atoms. The number of amides is 1. The first kappa shape index (κ1) is 13.0. The zero-order valence-electron chi connectivity index (χ0n) is 10.3. The van der Waals surface area contributed by atoms with Gasteiger partial charge in [0, 0.05) is 16.4 Å². The van der Waals surface area contributed by atoms with Crippen LogP contribution in [0.4, 0.5) is 15.8 Å². The molecular weight excluding hydrogens is 323 g/mol. The van der Waals surface area contributed by atoms with Gasteiger partial charge in [-0.25, -0.2) is 4.39 Å². The lowest BCUT2D eigenvalue weighted by Crippen LogP contribution is -2.12. The third-order valence-corrected chi connectivity index (χ3v) is 3.60. The van der Waals surface area contributed by atoms with Gasteiger partial charge in [-0.2, -0.15) is 0 Å². The van der Waals surface area contributed by atoms with Gasteiger partial charge in [-0.15, -0.1) is 0 Å². The van der Waals surface area contributed by atoms with Crippen LogP contribution in [0.15, 0.2) is 51.9 Å². The Labute approximate surface area is 123 Å². The number of carbonyl (C=O) groups excluding carboxylic acids is 1. The molecule has 0 fully saturated rings. The van der Waals surface area contributed by atoms with Crippen molar-refractivity contribution in [2.24, 2.45) is 4.99 Å². The standard InChI is InChI=1S/C15H10BrFN2O/c16-9-5-6-14(12(17)7-9)18-8-11-10-3-1-2-4-13(10)19-15(11)20/h1-8,11H,(H,19,20). The maximum absolute atomic E-state index is 13.7. The van der Waals surface area contributed by atoms with Crippen molar-refractivity contribution < 1.29 is 9.18 Å². The first-order valence-corrected chi connectivity index (χ1v) is 6.83. The highest BCUT2D eigenvalue weighted by Crippen LogP contribution is 2.31. The van der Waals surface area contributed by atoms with Crippen molar-refractivity contribution in [3.63, 3.8) is 0 Å². The van der Waals surface area contributed by atoms with E-state index in [4.69, 9.17) is 0 Å². The van der Waals surface area contributed by atoms with Crippen molar-refractivity contribution in [1.29, 1.82) is 0 Å². The number of fused-ring (bicyclic) bond motifs is 1. The van der Waals surface area contributed by atoms with Crippen LogP contribution in [0.1, 0.15) is 11.5 Å². The number of nitrogens with zero attached hydrogens (tertiary/aromatic N) is 1. The number of nitrogens with one attached hydrogen (secondary N) is 1. The Morgan fingerprint density at radius 3 is 2.85 bits per heavy atom. The Hall–Kier alpha value is -2.01. The predicted octanol–water partition coefficient (Wildman–Crippen LogP) is 4.03. The summed E-state index contributed by atoms with van der Waals surface area (Å²) in [5.74, 6) is -1.05. The molecule has 0 aliphatic carbocycles. The lowest BCUT2D eigenvalue weighted by atomic mass is 10.0. The maximum Gasteiger partial charge on any atom is 0.237 e. The quantitative estimate of drug-likeness (QED) is 0.829. The van der Waals surface area contributed by atoms with Crippen LogP contribution >= 0.6 is 15.9 Å². The van der Waals surface area contributed by atoms with Gasteiger partial charge in [0.15, 0.2) is 0 Å². The van der Waals surface area contributed by atoms with Crippen molar-refractivity contribution in [3.05, 3.63) is 58.3 Å². The minimum absolute atomic E-state index is 0.146. The van der Waals surface area contributed by atoms with Crippen LogP contribution in [-0.4, -0.2) is 12.1 Å². The van der Waals surface area contributed by atoms with Gasteiger partial charge in [-0.3, -0.25) is 9.79 Å². The largest absolute Gasteiger partial charge is 0.325 e. The Balaban J connectivity index is 1.91. The lowest BCUT2D eigenvalue weighted by Gasteiger charge is -2.02. The number of benzene rings is 2. The van der Waals surface area contributed by atoms with E-state index in [2.05, 4.69) is 26.2 Å². The molecular formula is C15H10BrFN2O. The second-order valence-corrected chi connectivity index (χ2v) is 5.34. The Kier molecular flexibility index (Phi) is 3.36. The summed E-state index contributed by atoms with van der Waals surface area (Å²) in [7, 11) is 0. The van der Waals surface area contributed by atoms with E-state index in [1.54, 1.807) is 12.1 Å². The van der Waals surface area contributed by atoms with Crippen molar-refractivity contribution in [1.82, 2.24) is 0 Å². The van der Waals surface area contributed by atoms with Gasteiger partial charge in [-0.1, -0.05) is 34.1 Å². The Morgan fingerprint density at radius 2 is 2.05 bits per heavy atom. The highest BCUT2D eigenvalue weighted by Gasteiger charge is 2.28. The fourth-order valence-electron chi connectivity index (χ4n) is 2.12. The summed E-state index contributed by atoms with van der Waals surface area (Å²) >= 11 is 3.19. The summed E-state index contributed by atoms with van der Waals surface area (Å²) in [4.78, 5) is 16.0. The van der Waals surface area contributed by atoms with E-state index in [-0.39, 0.29) is 11.6 Å². The number of halogens is 2. The average molecular weight is 333 g/mol. The lowest BCUT2D eigenvalue weighted by molar-refractivity contribution is -0.115. The topological polar surface area (TPSA) is 41.5 Å². The molecule has 1 heterocycles. The fourth-order valence-corrected chi connectivity index (χ4v) is 2.46. The molecule has 0 aromatic heterocycles. The molecule has 1 atom stereocenters. The first-order chi connectivity index (χ1) is 9.65. The molecule has 1 aliphatic heterocycles. The number of aliphatic imine (C=N–C) groups is 1. The highest BCUT2D eigenvalue weighted by molar-refractivity contribution is 9.10. The van der Waals surface area contributed by atoms with Crippen LogP contribution in [0, 0.1) is 5.82 Å². The minimum Gasteiger partial charge on any atom is -0.325 e. The zero-order valence-corrected chi connectivity index (χ0v) is 11.9.